The number of carboxylic acid groups (broad SMARTS) is 1. The number of carbonyl (C=O) groups excluding carboxylic acids is 3. The van der Waals surface area contributed by atoms with Gasteiger partial charge >= 0.3 is 5.97 Å². The summed E-state index contributed by atoms with van der Waals surface area (Å²) in [4.78, 5) is 45.5. The van der Waals surface area contributed by atoms with Crippen LogP contribution < -0.4 is 20.1 Å². The van der Waals surface area contributed by atoms with E-state index in [0.29, 0.717) is 27.7 Å². The Morgan fingerprint density at radius 1 is 0.967 bits per heavy atom. The number of ether oxygens (including phenoxy) is 2. The van der Waals surface area contributed by atoms with Crippen LogP contribution in [0.3, 0.4) is 0 Å². The van der Waals surface area contributed by atoms with Crippen molar-refractivity contribution in [1.82, 2.24) is 5.32 Å². The summed E-state index contributed by atoms with van der Waals surface area (Å²) in [5, 5.41) is 13.0. The first kappa shape index (κ1) is 20.9. The molecular weight excluding hydrogens is 412 g/mol. The van der Waals surface area contributed by atoms with Crippen LogP contribution in [0.4, 0.5) is 10.5 Å². The molecule has 0 radical (unpaired) electrons. The summed E-state index contributed by atoms with van der Waals surface area (Å²) in [6.07, 6.45) is 1.59. The second-order valence-corrected chi connectivity index (χ2v) is 6.98. The molecule has 30 heavy (non-hydrogen) atoms. The van der Waals surface area contributed by atoms with Crippen LogP contribution in [0, 0.1) is 0 Å². The van der Waals surface area contributed by atoms with Gasteiger partial charge in [0.25, 0.3) is 17.1 Å². The summed E-state index contributed by atoms with van der Waals surface area (Å²) < 4.78 is 10.4. The van der Waals surface area contributed by atoms with E-state index in [2.05, 4.69) is 10.6 Å². The fraction of sp³-hybridized carbons (Fsp3) is 0.100. The molecular formula is C20H16N2O7S. The highest BCUT2D eigenvalue weighted by molar-refractivity contribution is 8.18. The first-order valence-corrected chi connectivity index (χ1v) is 9.43. The number of imide groups is 1. The fourth-order valence-corrected chi connectivity index (χ4v) is 3.04. The van der Waals surface area contributed by atoms with Crippen LogP contribution in [0.5, 0.6) is 11.5 Å². The van der Waals surface area contributed by atoms with Crippen molar-refractivity contribution < 1.29 is 33.8 Å². The Kier molecular flexibility index (Phi) is 6.71. The molecule has 0 atom stereocenters. The minimum absolute atomic E-state index is 0.218. The molecule has 9 nitrogen and oxygen atoms in total. The number of hydrogen-bond donors (Lipinski definition) is 3. The van der Waals surface area contributed by atoms with Gasteiger partial charge < -0.3 is 19.9 Å². The van der Waals surface area contributed by atoms with E-state index in [0.717, 1.165) is 11.8 Å². The van der Waals surface area contributed by atoms with Gasteiger partial charge in [0.2, 0.25) is 0 Å². The quantitative estimate of drug-likeness (QED) is 0.547. The maximum Gasteiger partial charge on any atom is 0.341 e. The maximum absolute atomic E-state index is 12.0. The van der Waals surface area contributed by atoms with Crippen molar-refractivity contribution in [2.75, 3.05) is 18.5 Å². The molecule has 3 amide bonds. The van der Waals surface area contributed by atoms with E-state index in [9.17, 15) is 19.2 Å². The average molecular weight is 428 g/mol. The van der Waals surface area contributed by atoms with E-state index in [-0.39, 0.29) is 12.5 Å². The summed E-state index contributed by atoms with van der Waals surface area (Å²) in [6, 6.07) is 12.9. The molecule has 0 saturated carbocycles. The summed E-state index contributed by atoms with van der Waals surface area (Å²) in [7, 11) is 0. The first-order valence-electron chi connectivity index (χ1n) is 8.61. The van der Waals surface area contributed by atoms with Gasteiger partial charge in [0.15, 0.2) is 13.2 Å². The summed E-state index contributed by atoms with van der Waals surface area (Å²) in [5.41, 5.74) is 1.22. The molecule has 1 saturated heterocycles. The lowest BCUT2D eigenvalue weighted by molar-refractivity contribution is -0.139. The van der Waals surface area contributed by atoms with Gasteiger partial charge in [0.1, 0.15) is 11.5 Å². The van der Waals surface area contributed by atoms with Gasteiger partial charge in [-0.25, -0.2) is 4.79 Å². The predicted molar refractivity (Wildman–Crippen MR) is 109 cm³/mol. The molecule has 1 fully saturated rings. The Hall–Kier alpha value is -3.79. The number of aliphatic carboxylic acids is 1. The zero-order valence-corrected chi connectivity index (χ0v) is 16.2. The lowest BCUT2D eigenvalue weighted by atomic mass is 10.2. The normalized spacial score (nSPS) is 14.3. The molecule has 3 rings (SSSR count). The SMILES string of the molecule is O=C(O)COc1ccc(NC(=O)COc2ccc(/C=C3\SC(=O)NC3=O)cc2)cc1. The maximum atomic E-state index is 12.0. The zero-order chi connectivity index (χ0) is 21.5. The van der Waals surface area contributed by atoms with Gasteiger partial charge in [-0.05, 0) is 59.8 Å². The average Bonchev–Trinajstić information content (AvgIpc) is 3.03. The van der Waals surface area contributed by atoms with Crippen molar-refractivity contribution in [3.8, 4) is 11.5 Å². The van der Waals surface area contributed by atoms with Crippen LogP contribution >= 0.6 is 11.8 Å². The lowest BCUT2D eigenvalue weighted by Crippen LogP contribution is -2.20. The number of anilines is 1. The Labute approximate surface area is 175 Å². The molecule has 3 N–H and O–H groups in total. The van der Waals surface area contributed by atoms with Crippen LogP contribution in [0.2, 0.25) is 0 Å². The number of thioether (sulfide) groups is 1. The molecule has 0 unspecified atom stereocenters. The van der Waals surface area contributed by atoms with Crippen molar-refractivity contribution >= 4 is 46.5 Å². The summed E-state index contributed by atoms with van der Waals surface area (Å²) in [6.45, 7) is -0.663. The van der Waals surface area contributed by atoms with Crippen LogP contribution in [0.25, 0.3) is 6.08 Å². The second kappa shape index (κ2) is 9.61. The molecule has 0 spiro atoms. The summed E-state index contributed by atoms with van der Waals surface area (Å²) in [5.74, 6) is -1.04. The third-order valence-electron chi connectivity index (χ3n) is 3.69. The van der Waals surface area contributed by atoms with Gasteiger partial charge in [0, 0.05) is 5.69 Å². The van der Waals surface area contributed by atoms with Crippen LogP contribution in [0.1, 0.15) is 5.56 Å². The number of amides is 3. The van der Waals surface area contributed by atoms with E-state index >= 15 is 0 Å². The molecule has 154 valence electrons. The van der Waals surface area contributed by atoms with Crippen molar-refractivity contribution in [2.24, 2.45) is 0 Å². The molecule has 1 heterocycles. The number of carbonyl (C=O) groups is 4. The lowest BCUT2D eigenvalue weighted by Gasteiger charge is -2.09. The van der Waals surface area contributed by atoms with Gasteiger partial charge in [-0.15, -0.1) is 0 Å². The molecule has 0 aliphatic carbocycles. The van der Waals surface area contributed by atoms with E-state index in [4.69, 9.17) is 14.6 Å². The molecule has 1 aliphatic rings. The highest BCUT2D eigenvalue weighted by Gasteiger charge is 2.24. The van der Waals surface area contributed by atoms with Crippen molar-refractivity contribution in [1.29, 1.82) is 0 Å². The zero-order valence-electron chi connectivity index (χ0n) is 15.4. The van der Waals surface area contributed by atoms with Crippen molar-refractivity contribution in [2.45, 2.75) is 0 Å². The minimum atomic E-state index is -1.08. The number of rotatable bonds is 8. The third-order valence-corrected chi connectivity index (χ3v) is 4.50. The number of carboxylic acids is 1. The molecule has 0 aromatic heterocycles. The van der Waals surface area contributed by atoms with Crippen LogP contribution in [-0.2, 0) is 14.4 Å². The molecule has 1 aliphatic heterocycles. The Morgan fingerprint density at radius 2 is 1.57 bits per heavy atom. The Morgan fingerprint density at radius 3 is 2.13 bits per heavy atom. The van der Waals surface area contributed by atoms with Gasteiger partial charge in [-0.2, -0.15) is 0 Å². The second-order valence-electron chi connectivity index (χ2n) is 5.96. The largest absolute Gasteiger partial charge is 0.484 e. The van der Waals surface area contributed by atoms with Gasteiger partial charge in [-0.1, -0.05) is 12.1 Å². The van der Waals surface area contributed by atoms with Gasteiger partial charge in [-0.3, -0.25) is 19.7 Å². The van der Waals surface area contributed by atoms with E-state index < -0.39 is 23.7 Å². The van der Waals surface area contributed by atoms with Crippen LogP contribution in [0.15, 0.2) is 53.4 Å². The van der Waals surface area contributed by atoms with Gasteiger partial charge in [0.05, 0.1) is 4.91 Å². The molecule has 2 aromatic rings. The Balaban J connectivity index is 1.47. The first-order chi connectivity index (χ1) is 14.4. The molecule has 2 aromatic carbocycles. The Bertz CT molecular complexity index is 1000. The number of hydrogen-bond acceptors (Lipinski definition) is 7. The summed E-state index contributed by atoms with van der Waals surface area (Å²) >= 11 is 0.836. The smallest absolute Gasteiger partial charge is 0.341 e. The fourth-order valence-electron chi connectivity index (χ4n) is 2.36. The van der Waals surface area contributed by atoms with Crippen LogP contribution in [-0.4, -0.2) is 41.3 Å². The topological polar surface area (TPSA) is 131 Å². The van der Waals surface area contributed by atoms with E-state index in [1.165, 1.54) is 0 Å². The van der Waals surface area contributed by atoms with Crippen molar-refractivity contribution in [3.05, 3.63) is 59.0 Å². The highest BCUT2D eigenvalue weighted by Crippen LogP contribution is 2.26. The molecule has 0 bridgehead atoms. The third kappa shape index (κ3) is 6.11. The number of nitrogens with one attached hydrogen (secondary N) is 2. The van der Waals surface area contributed by atoms with Crippen molar-refractivity contribution in [3.63, 3.8) is 0 Å². The monoisotopic (exact) mass is 428 g/mol. The highest BCUT2D eigenvalue weighted by atomic mass is 32.2. The predicted octanol–water partition coefficient (Wildman–Crippen LogP) is 2.49. The molecule has 10 heteroatoms. The standard InChI is InChI=1S/C20H16N2O7S/c23-17(21-13-3-7-15(8-4-13)29-11-18(24)25)10-28-14-5-1-12(2-6-14)9-16-19(26)22-20(27)30-16/h1-9H,10-11H2,(H,21,23)(H,24,25)(H,22,26,27)/b16-9-. The van der Waals surface area contributed by atoms with E-state index in [1.54, 1.807) is 54.6 Å². The number of benzene rings is 2. The minimum Gasteiger partial charge on any atom is -0.484 e. The van der Waals surface area contributed by atoms with E-state index in [1.807, 2.05) is 0 Å².